The number of nitrogens with one attached hydrogen (secondary N) is 1. The molecule has 0 fully saturated rings. The fourth-order valence-corrected chi connectivity index (χ4v) is 2.99. The number of amides is 1. The Morgan fingerprint density at radius 3 is 2.47 bits per heavy atom. The second kappa shape index (κ2) is 5.75. The van der Waals surface area contributed by atoms with E-state index in [-0.39, 0.29) is 11.9 Å². The van der Waals surface area contributed by atoms with Crippen LogP contribution in [-0.4, -0.2) is 10.9 Å². The first-order chi connectivity index (χ1) is 8.97. The van der Waals surface area contributed by atoms with Crippen molar-refractivity contribution in [1.29, 1.82) is 0 Å². The molecule has 2 rings (SSSR count). The molecule has 0 saturated carbocycles. The molecule has 1 heterocycles. The van der Waals surface area contributed by atoms with Crippen LogP contribution in [0.15, 0.2) is 29.2 Å². The topological polar surface area (TPSA) is 42.0 Å². The summed E-state index contributed by atoms with van der Waals surface area (Å²) in [5.41, 5.74) is 1.63. The van der Waals surface area contributed by atoms with Crippen LogP contribution in [0.25, 0.3) is 0 Å². The Balaban J connectivity index is 2.10. The van der Waals surface area contributed by atoms with Crippen molar-refractivity contribution in [3.8, 4) is 0 Å². The summed E-state index contributed by atoms with van der Waals surface area (Å²) in [7, 11) is 0. The number of nitrogens with zero attached hydrogens (tertiary/aromatic N) is 1. The highest BCUT2D eigenvalue weighted by Gasteiger charge is 2.16. The van der Waals surface area contributed by atoms with Crippen LogP contribution in [0, 0.1) is 13.8 Å². The van der Waals surface area contributed by atoms with Crippen molar-refractivity contribution in [3.63, 3.8) is 0 Å². The van der Waals surface area contributed by atoms with Crippen LogP contribution in [-0.2, 0) is 0 Å². The Morgan fingerprint density at radius 1 is 1.32 bits per heavy atom. The number of benzene rings is 1. The number of carbonyl (C=O) groups is 1. The summed E-state index contributed by atoms with van der Waals surface area (Å²) < 4.78 is 0. The molecule has 1 N–H and O–H groups in total. The average molecular weight is 292 g/mol. The number of aromatic nitrogens is 1. The molecule has 19 heavy (non-hydrogen) atoms. The van der Waals surface area contributed by atoms with E-state index in [4.69, 9.17) is 0 Å². The molecule has 0 aliphatic carbocycles. The molecule has 0 bridgehead atoms. The predicted octanol–water partition coefficient (Wildman–Crippen LogP) is 3.54. The van der Waals surface area contributed by atoms with Crippen LogP contribution in [0.3, 0.4) is 0 Å². The molecular formula is C14H16N2OS2. The van der Waals surface area contributed by atoms with Crippen molar-refractivity contribution in [3.05, 3.63) is 45.4 Å². The van der Waals surface area contributed by atoms with Gasteiger partial charge in [-0.3, -0.25) is 4.79 Å². The maximum absolute atomic E-state index is 12.1. The summed E-state index contributed by atoms with van der Waals surface area (Å²) in [6.45, 7) is 5.92. The highest BCUT2D eigenvalue weighted by Crippen LogP contribution is 2.24. The largest absolute Gasteiger partial charge is 0.345 e. The molecule has 2 aromatic rings. The van der Waals surface area contributed by atoms with Crippen LogP contribution < -0.4 is 5.32 Å². The van der Waals surface area contributed by atoms with Crippen molar-refractivity contribution in [2.75, 3.05) is 0 Å². The number of hydrogen-bond donors (Lipinski definition) is 2. The quantitative estimate of drug-likeness (QED) is 0.850. The molecule has 0 aliphatic heterocycles. The zero-order chi connectivity index (χ0) is 14.0. The number of aryl methyl sites for hydroxylation is 2. The molecule has 100 valence electrons. The number of rotatable bonds is 3. The van der Waals surface area contributed by atoms with Crippen molar-refractivity contribution in [2.45, 2.75) is 31.7 Å². The van der Waals surface area contributed by atoms with Gasteiger partial charge in [-0.1, -0.05) is 0 Å². The lowest BCUT2D eigenvalue weighted by atomic mass is 10.2. The van der Waals surface area contributed by atoms with E-state index in [1.807, 2.05) is 32.9 Å². The Kier molecular flexibility index (Phi) is 4.27. The van der Waals surface area contributed by atoms with Crippen molar-refractivity contribution in [2.24, 2.45) is 0 Å². The first kappa shape index (κ1) is 14.1. The van der Waals surface area contributed by atoms with Gasteiger partial charge in [-0.2, -0.15) is 0 Å². The summed E-state index contributed by atoms with van der Waals surface area (Å²) in [5, 5.41) is 4.01. The van der Waals surface area contributed by atoms with Crippen LogP contribution in [0.5, 0.6) is 0 Å². The van der Waals surface area contributed by atoms with E-state index in [0.717, 1.165) is 20.5 Å². The molecule has 0 saturated heterocycles. The van der Waals surface area contributed by atoms with Crippen molar-refractivity contribution in [1.82, 2.24) is 10.3 Å². The molecular weight excluding hydrogens is 276 g/mol. The summed E-state index contributed by atoms with van der Waals surface area (Å²) in [6.07, 6.45) is 0. The minimum Gasteiger partial charge on any atom is -0.345 e. The average Bonchev–Trinajstić information content (AvgIpc) is 2.69. The smallest absolute Gasteiger partial charge is 0.251 e. The molecule has 0 aliphatic rings. The van der Waals surface area contributed by atoms with Gasteiger partial charge in [0.1, 0.15) is 0 Å². The van der Waals surface area contributed by atoms with E-state index < -0.39 is 0 Å². The fraction of sp³-hybridized carbons (Fsp3) is 0.286. The van der Waals surface area contributed by atoms with Gasteiger partial charge in [0, 0.05) is 15.3 Å². The zero-order valence-corrected chi connectivity index (χ0v) is 12.8. The maximum Gasteiger partial charge on any atom is 0.251 e. The number of thiol groups is 1. The van der Waals surface area contributed by atoms with Gasteiger partial charge in [0.15, 0.2) is 0 Å². The van der Waals surface area contributed by atoms with Gasteiger partial charge in [-0.25, -0.2) is 4.98 Å². The second-order valence-electron chi connectivity index (χ2n) is 4.42. The van der Waals surface area contributed by atoms with Gasteiger partial charge >= 0.3 is 0 Å². The summed E-state index contributed by atoms with van der Waals surface area (Å²) in [4.78, 5) is 18.4. The van der Waals surface area contributed by atoms with Crippen LogP contribution in [0.1, 0.15) is 38.9 Å². The Bertz CT molecular complexity index is 590. The van der Waals surface area contributed by atoms with Crippen molar-refractivity contribution >= 4 is 29.9 Å². The summed E-state index contributed by atoms with van der Waals surface area (Å²) in [6, 6.07) is 7.13. The van der Waals surface area contributed by atoms with Gasteiger partial charge in [-0.05, 0) is 45.0 Å². The van der Waals surface area contributed by atoms with E-state index in [1.54, 1.807) is 23.5 Å². The van der Waals surface area contributed by atoms with Crippen LogP contribution in [0.4, 0.5) is 0 Å². The molecule has 1 amide bonds. The van der Waals surface area contributed by atoms with Crippen LogP contribution >= 0.6 is 24.0 Å². The first-order valence-corrected chi connectivity index (χ1v) is 7.27. The standard InChI is InChI=1S/C14H16N2OS2/c1-8-13(19-10(3)15-8)9(2)16-14(17)11-4-6-12(18)7-5-11/h4-7,9,18H,1-3H3,(H,16,17). The van der Waals surface area contributed by atoms with Gasteiger partial charge in [0.05, 0.1) is 16.7 Å². The molecule has 1 aromatic heterocycles. The maximum atomic E-state index is 12.1. The lowest BCUT2D eigenvalue weighted by Crippen LogP contribution is -2.26. The van der Waals surface area contributed by atoms with E-state index in [9.17, 15) is 4.79 Å². The molecule has 0 radical (unpaired) electrons. The number of carbonyl (C=O) groups excluding carboxylic acids is 1. The van der Waals surface area contributed by atoms with Crippen molar-refractivity contribution < 1.29 is 4.79 Å². The molecule has 1 atom stereocenters. The zero-order valence-electron chi connectivity index (χ0n) is 11.1. The van der Waals surface area contributed by atoms with E-state index in [1.165, 1.54) is 0 Å². The minimum atomic E-state index is -0.0775. The lowest BCUT2D eigenvalue weighted by Gasteiger charge is -2.13. The number of thiazole rings is 1. The van der Waals surface area contributed by atoms with Gasteiger partial charge in [0.25, 0.3) is 5.91 Å². The highest BCUT2D eigenvalue weighted by molar-refractivity contribution is 7.80. The molecule has 3 nitrogen and oxygen atoms in total. The van der Waals surface area contributed by atoms with E-state index in [2.05, 4.69) is 22.9 Å². The van der Waals surface area contributed by atoms with Gasteiger partial charge in [0.2, 0.25) is 0 Å². The van der Waals surface area contributed by atoms with Gasteiger partial charge < -0.3 is 5.32 Å². The lowest BCUT2D eigenvalue weighted by molar-refractivity contribution is 0.0940. The predicted molar refractivity (Wildman–Crippen MR) is 81.2 cm³/mol. The van der Waals surface area contributed by atoms with Crippen LogP contribution in [0.2, 0.25) is 0 Å². The third-order valence-corrected chi connectivity index (χ3v) is 4.36. The molecule has 5 heteroatoms. The Hall–Kier alpha value is -1.33. The fourth-order valence-electron chi connectivity index (χ4n) is 1.91. The normalized spacial score (nSPS) is 12.2. The molecule has 1 aromatic carbocycles. The molecule has 0 spiro atoms. The minimum absolute atomic E-state index is 0.0330. The van der Waals surface area contributed by atoms with E-state index >= 15 is 0 Å². The van der Waals surface area contributed by atoms with Gasteiger partial charge in [-0.15, -0.1) is 24.0 Å². The highest BCUT2D eigenvalue weighted by atomic mass is 32.1. The summed E-state index contributed by atoms with van der Waals surface area (Å²) in [5.74, 6) is -0.0775. The monoisotopic (exact) mass is 292 g/mol. The summed E-state index contributed by atoms with van der Waals surface area (Å²) >= 11 is 5.83. The Labute approximate surface area is 122 Å². The second-order valence-corrected chi connectivity index (χ2v) is 6.18. The van der Waals surface area contributed by atoms with E-state index in [0.29, 0.717) is 5.56 Å². The third kappa shape index (κ3) is 3.36. The third-order valence-electron chi connectivity index (χ3n) is 2.81. The Morgan fingerprint density at radius 2 is 1.95 bits per heavy atom. The SMILES string of the molecule is Cc1nc(C)c(C(C)NC(=O)c2ccc(S)cc2)s1. The number of hydrogen-bond acceptors (Lipinski definition) is 4. The first-order valence-electron chi connectivity index (χ1n) is 6.01. The molecule has 1 unspecified atom stereocenters.